The number of carbonyl (C=O) groups is 2. The molecule has 2 N–H and O–H groups in total. The lowest BCUT2D eigenvalue weighted by Gasteiger charge is -2.41. The first-order valence-corrected chi connectivity index (χ1v) is 9.94. The summed E-state index contributed by atoms with van der Waals surface area (Å²) in [6, 6.07) is 9.02. The van der Waals surface area contributed by atoms with E-state index in [4.69, 9.17) is 0 Å². The molecule has 1 heterocycles. The largest absolute Gasteiger partial charge is 0.481 e. The highest BCUT2D eigenvalue weighted by atomic mass is 32.2. The van der Waals surface area contributed by atoms with Crippen LogP contribution in [0.15, 0.2) is 30.3 Å². The Bertz CT molecular complexity index is 751. The van der Waals surface area contributed by atoms with E-state index in [-0.39, 0.29) is 31.8 Å². The van der Waals surface area contributed by atoms with E-state index in [2.05, 4.69) is 4.72 Å². The van der Waals surface area contributed by atoms with E-state index in [0.717, 1.165) is 11.8 Å². The molecule has 1 aromatic carbocycles. The van der Waals surface area contributed by atoms with Gasteiger partial charge in [-0.3, -0.25) is 9.59 Å². The lowest BCUT2D eigenvalue weighted by atomic mass is 9.72. The number of hydrogen-bond acceptors (Lipinski definition) is 4. The number of carboxylic acid groups (broad SMARTS) is 1. The lowest BCUT2D eigenvalue weighted by molar-refractivity contribution is -0.149. The standard InChI is InChI=1S/C17H24N2O5S/c1-16(2,18-25(3,23)24)14(20)19-11-9-17(10-12-19,15(21)22)13-7-5-4-6-8-13/h4-8,18H,9-12H2,1-3H3,(H,21,22). The molecule has 1 fully saturated rings. The van der Waals surface area contributed by atoms with Gasteiger partial charge in [-0.25, -0.2) is 13.1 Å². The summed E-state index contributed by atoms with van der Waals surface area (Å²) in [7, 11) is -3.54. The van der Waals surface area contributed by atoms with Crippen molar-refractivity contribution in [2.24, 2.45) is 0 Å². The molecule has 0 radical (unpaired) electrons. The molecule has 1 aromatic rings. The van der Waals surface area contributed by atoms with Crippen LogP contribution in [0.2, 0.25) is 0 Å². The van der Waals surface area contributed by atoms with Gasteiger partial charge in [0.2, 0.25) is 15.9 Å². The van der Waals surface area contributed by atoms with Crippen molar-refractivity contribution < 1.29 is 23.1 Å². The fraction of sp³-hybridized carbons (Fsp3) is 0.529. The van der Waals surface area contributed by atoms with Crippen molar-refractivity contribution in [2.75, 3.05) is 19.3 Å². The molecule has 0 atom stereocenters. The Labute approximate surface area is 148 Å². The summed E-state index contributed by atoms with van der Waals surface area (Å²) in [5.41, 5.74) is -1.57. The second-order valence-corrected chi connectivity index (χ2v) is 8.79. The van der Waals surface area contributed by atoms with Gasteiger partial charge in [-0.1, -0.05) is 30.3 Å². The van der Waals surface area contributed by atoms with Crippen LogP contribution in [0.1, 0.15) is 32.3 Å². The summed E-state index contributed by atoms with van der Waals surface area (Å²) < 4.78 is 25.2. The zero-order valence-electron chi connectivity index (χ0n) is 14.7. The van der Waals surface area contributed by atoms with Crippen LogP contribution < -0.4 is 4.72 Å². The van der Waals surface area contributed by atoms with Gasteiger partial charge < -0.3 is 10.0 Å². The Morgan fingerprint density at radius 2 is 1.68 bits per heavy atom. The molecule has 1 aliphatic heterocycles. The monoisotopic (exact) mass is 368 g/mol. The molecule has 1 amide bonds. The minimum atomic E-state index is -3.54. The molecule has 2 rings (SSSR count). The maximum atomic E-state index is 12.7. The summed E-state index contributed by atoms with van der Waals surface area (Å²) in [4.78, 5) is 26.1. The predicted octanol–water partition coefficient (Wildman–Crippen LogP) is 0.959. The Kier molecular flexibility index (Phi) is 5.24. The lowest BCUT2D eigenvalue weighted by Crippen LogP contribution is -2.58. The van der Waals surface area contributed by atoms with Crippen molar-refractivity contribution in [1.29, 1.82) is 0 Å². The summed E-state index contributed by atoms with van der Waals surface area (Å²) >= 11 is 0. The van der Waals surface area contributed by atoms with Crippen LogP contribution >= 0.6 is 0 Å². The summed E-state index contributed by atoms with van der Waals surface area (Å²) in [6.07, 6.45) is 1.57. The Balaban J connectivity index is 2.17. The van der Waals surface area contributed by atoms with Gasteiger partial charge in [0.15, 0.2) is 0 Å². The van der Waals surface area contributed by atoms with Crippen LogP contribution in [-0.4, -0.2) is 55.2 Å². The normalized spacial score (nSPS) is 18.0. The molecule has 138 valence electrons. The average Bonchev–Trinajstić information content (AvgIpc) is 2.52. The molecule has 0 aromatic heterocycles. The Morgan fingerprint density at radius 3 is 2.12 bits per heavy atom. The molecule has 0 saturated carbocycles. The number of aliphatic carboxylic acids is 1. The number of nitrogens with zero attached hydrogens (tertiary/aromatic N) is 1. The van der Waals surface area contributed by atoms with E-state index in [1.54, 1.807) is 24.3 Å². The van der Waals surface area contributed by atoms with E-state index in [1.807, 2.05) is 6.07 Å². The summed E-state index contributed by atoms with van der Waals surface area (Å²) in [5, 5.41) is 9.78. The smallest absolute Gasteiger partial charge is 0.314 e. The van der Waals surface area contributed by atoms with Gasteiger partial charge in [0, 0.05) is 13.1 Å². The molecule has 0 unspecified atom stereocenters. The maximum Gasteiger partial charge on any atom is 0.314 e. The van der Waals surface area contributed by atoms with Crippen molar-refractivity contribution in [3.05, 3.63) is 35.9 Å². The fourth-order valence-electron chi connectivity index (χ4n) is 3.38. The number of piperidine rings is 1. The second kappa shape index (κ2) is 6.76. The molecular weight excluding hydrogens is 344 g/mol. The number of benzene rings is 1. The number of carbonyl (C=O) groups excluding carboxylic acids is 1. The van der Waals surface area contributed by atoms with Crippen molar-refractivity contribution in [3.63, 3.8) is 0 Å². The second-order valence-electron chi connectivity index (χ2n) is 7.04. The first-order valence-electron chi connectivity index (χ1n) is 8.05. The van der Waals surface area contributed by atoms with E-state index in [9.17, 15) is 23.1 Å². The quantitative estimate of drug-likeness (QED) is 0.806. The number of rotatable bonds is 5. The number of carboxylic acids is 1. The van der Waals surface area contributed by atoms with Crippen molar-refractivity contribution in [1.82, 2.24) is 9.62 Å². The minimum Gasteiger partial charge on any atom is -0.481 e. The molecule has 8 heteroatoms. The molecule has 0 aliphatic carbocycles. The Hall–Kier alpha value is -1.93. The van der Waals surface area contributed by atoms with Crippen LogP contribution in [0, 0.1) is 0 Å². The third-order valence-electron chi connectivity index (χ3n) is 4.62. The van der Waals surface area contributed by atoms with Gasteiger partial charge in [-0.2, -0.15) is 0 Å². The van der Waals surface area contributed by atoms with E-state index < -0.39 is 26.9 Å². The highest BCUT2D eigenvalue weighted by Gasteiger charge is 2.45. The molecule has 0 bridgehead atoms. The molecule has 7 nitrogen and oxygen atoms in total. The van der Waals surface area contributed by atoms with Crippen molar-refractivity contribution in [3.8, 4) is 0 Å². The average molecular weight is 368 g/mol. The number of nitrogens with one attached hydrogen (secondary N) is 1. The number of amides is 1. The molecule has 1 saturated heterocycles. The molecule has 25 heavy (non-hydrogen) atoms. The highest BCUT2D eigenvalue weighted by molar-refractivity contribution is 7.88. The van der Waals surface area contributed by atoms with Crippen molar-refractivity contribution >= 4 is 21.9 Å². The van der Waals surface area contributed by atoms with Gasteiger partial charge in [0.1, 0.15) is 5.54 Å². The van der Waals surface area contributed by atoms with Gasteiger partial charge >= 0.3 is 5.97 Å². The summed E-state index contributed by atoms with van der Waals surface area (Å²) in [5.74, 6) is -1.26. The van der Waals surface area contributed by atoms with Gasteiger partial charge in [0.05, 0.1) is 11.7 Å². The minimum absolute atomic E-state index is 0.259. The van der Waals surface area contributed by atoms with E-state index in [1.165, 1.54) is 18.7 Å². The van der Waals surface area contributed by atoms with Crippen LogP contribution in [0.25, 0.3) is 0 Å². The van der Waals surface area contributed by atoms with Gasteiger partial charge in [0.25, 0.3) is 0 Å². The molecule has 1 aliphatic rings. The molecule has 0 spiro atoms. The SMILES string of the molecule is CC(C)(NS(C)(=O)=O)C(=O)N1CCC(C(=O)O)(c2ccccc2)CC1. The first-order chi connectivity index (χ1) is 11.5. The summed E-state index contributed by atoms with van der Waals surface area (Å²) in [6.45, 7) is 3.53. The van der Waals surface area contributed by atoms with Crippen LogP contribution in [0.3, 0.4) is 0 Å². The van der Waals surface area contributed by atoms with Gasteiger partial charge in [-0.05, 0) is 32.3 Å². The fourth-order valence-corrected chi connectivity index (χ4v) is 4.39. The number of hydrogen-bond donors (Lipinski definition) is 2. The third-order valence-corrected chi connectivity index (χ3v) is 5.50. The van der Waals surface area contributed by atoms with Crippen molar-refractivity contribution in [2.45, 2.75) is 37.6 Å². The zero-order valence-corrected chi connectivity index (χ0v) is 15.5. The molecular formula is C17H24N2O5S. The maximum absolute atomic E-state index is 12.7. The number of likely N-dealkylation sites (tertiary alicyclic amines) is 1. The zero-order chi connectivity index (χ0) is 18.9. The van der Waals surface area contributed by atoms with Gasteiger partial charge in [-0.15, -0.1) is 0 Å². The van der Waals surface area contributed by atoms with Crippen LogP contribution in [0.4, 0.5) is 0 Å². The predicted molar refractivity (Wildman–Crippen MR) is 93.6 cm³/mol. The highest BCUT2D eigenvalue weighted by Crippen LogP contribution is 2.36. The third kappa shape index (κ3) is 4.19. The first kappa shape index (κ1) is 19.4. The number of sulfonamides is 1. The van der Waals surface area contributed by atoms with Crippen LogP contribution in [-0.2, 0) is 25.0 Å². The Morgan fingerprint density at radius 1 is 1.16 bits per heavy atom. The van der Waals surface area contributed by atoms with Crippen LogP contribution in [0.5, 0.6) is 0 Å². The topological polar surface area (TPSA) is 104 Å². The van der Waals surface area contributed by atoms with E-state index in [0.29, 0.717) is 0 Å². The van der Waals surface area contributed by atoms with E-state index >= 15 is 0 Å².